The third kappa shape index (κ3) is 2.16. The average Bonchev–Trinajstić information content (AvgIpc) is 2.58. The Hall–Kier alpha value is -1.10. The van der Waals surface area contributed by atoms with Crippen molar-refractivity contribution in [3.8, 4) is 0 Å². The molecule has 0 aliphatic rings. The molecule has 88 valence electrons. The Kier molecular flexibility index (Phi) is 3.38. The highest BCUT2D eigenvalue weighted by Gasteiger charge is 2.21. The van der Waals surface area contributed by atoms with Gasteiger partial charge in [0, 0.05) is 15.1 Å². The molecule has 0 radical (unpaired) electrons. The summed E-state index contributed by atoms with van der Waals surface area (Å²) in [6.45, 7) is 1.62. The molecule has 0 amide bonds. The zero-order valence-electron chi connectivity index (χ0n) is 8.74. The molecule has 0 unspecified atom stereocenters. The van der Waals surface area contributed by atoms with E-state index in [-0.39, 0.29) is 5.70 Å². The van der Waals surface area contributed by atoms with E-state index in [0.717, 1.165) is 10.1 Å². The fourth-order valence-electron chi connectivity index (χ4n) is 1.52. The van der Waals surface area contributed by atoms with Crippen LogP contribution in [0.1, 0.15) is 11.8 Å². The molecule has 0 saturated heterocycles. The number of nitrogens with zero attached hydrogens (tertiary/aromatic N) is 1. The Morgan fingerprint density at radius 2 is 2.18 bits per heavy atom. The maximum atomic E-state index is 10.9. The summed E-state index contributed by atoms with van der Waals surface area (Å²) in [5.74, 6) is 0. The van der Waals surface area contributed by atoms with Crippen molar-refractivity contribution in [1.29, 1.82) is 0 Å². The Balaban J connectivity index is 2.72. The SMILES string of the molecule is CC=C(c1sc2ccc(Cl)cc2c1Cl)[N+](=O)[O-]. The number of allylic oxidation sites excluding steroid dienone is 1. The summed E-state index contributed by atoms with van der Waals surface area (Å²) in [6.07, 6.45) is 1.44. The second-order valence-electron chi connectivity index (χ2n) is 3.32. The first-order valence-corrected chi connectivity index (χ1v) is 6.30. The maximum Gasteiger partial charge on any atom is 0.283 e. The van der Waals surface area contributed by atoms with Gasteiger partial charge in [-0.1, -0.05) is 23.2 Å². The van der Waals surface area contributed by atoms with Crippen molar-refractivity contribution >= 4 is 50.3 Å². The molecule has 0 bridgehead atoms. The van der Waals surface area contributed by atoms with Crippen molar-refractivity contribution in [2.75, 3.05) is 0 Å². The predicted molar refractivity (Wildman–Crippen MR) is 72.5 cm³/mol. The van der Waals surface area contributed by atoms with E-state index in [4.69, 9.17) is 23.2 Å². The lowest BCUT2D eigenvalue weighted by atomic mass is 10.2. The van der Waals surface area contributed by atoms with Gasteiger partial charge in [0.2, 0.25) is 0 Å². The van der Waals surface area contributed by atoms with Gasteiger partial charge in [-0.15, -0.1) is 11.3 Å². The number of benzene rings is 1. The molecule has 0 fully saturated rings. The first-order chi connectivity index (χ1) is 8.04. The molecule has 3 nitrogen and oxygen atoms in total. The van der Waals surface area contributed by atoms with E-state index >= 15 is 0 Å². The molecule has 1 heterocycles. The first kappa shape index (κ1) is 12.4. The Morgan fingerprint density at radius 1 is 1.47 bits per heavy atom. The van der Waals surface area contributed by atoms with Crippen LogP contribution in [0, 0.1) is 10.1 Å². The molecule has 0 saturated carbocycles. The molecule has 0 atom stereocenters. The van der Waals surface area contributed by atoms with E-state index in [1.54, 1.807) is 19.1 Å². The predicted octanol–water partition coefficient (Wildman–Crippen LogP) is 4.85. The molecular weight excluding hydrogens is 281 g/mol. The van der Waals surface area contributed by atoms with Crippen LogP contribution in [0.15, 0.2) is 24.3 Å². The molecule has 1 aromatic heterocycles. The summed E-state index contributed by atoms with van der Waals surface area (Å²) in [5.41, 5.74) is 0.0207. The molecular formula is C11H7Cl2NO2S. The summed E-state index contributed by atoms with van der Waals surface area (Å²) in [6, 6.07) is 5.26. The number of thiophene rings is 1. The van der Waals surface area contributed by atoms with Gasteiger partial charge in [-0.05, 0) is 31.2 Å². The van der Waals surface area contributed by atoms with Gasteiger partial charge in [0.15, 0.2) is 0 Å². The number of nitro groups is 1. The summed E-state index contributed by atoms with van der Waals surface area (Å²) in [7, 11) is 0. The normalized spacial score (nSPS) is 12.1. The van der Waals surface area contributed by atoms with Crippen LogP contribution in [-0.4, -0.2) is 4.92 Å². The van der Waals surface area contributed by atoms with E-state index < -0.39 is 4.92 Å². The fourth-order valence-corrected chi connectivity index (χ4v) is 3.24. The van der Waals surface area contributed by atoms with Crippen LogP contribution >= 0.6 is 34.5 Å². The summed E-state index contributed by atoms with van der Waals surface area (Å²) < 4.78 is 0.885. The van der Waals surface area contributed by atoms with Gasteiger partial charge in [-0.3, -0.25) is 10.1 Å². The number of halogens is 2. The second-order valence-corrected chi connectivity index (χ2v) is 5.18. The third-order valence-electron chi connectivity index (χ3n) is 2.29. The molecule has 0 aliphatic heterocycles. The Labute approximate surface area is 111 Å². The number of fused-ring (bicyclic) bond motifs is 1. The topological polar surface area (TPSA) is 43.1 Å². The third-order valence-corrected chi connectivity index (χ3v) is 4.23. The molecule has 2 rings (SSSR count). The van der Waals surface area contributed by atoms with Gasteiger partial charge < -0.3 is 0 Å². The van der Waals surface area contributed by atoms with Gasteiger partial charge in [0.1, 0.15) is 4.88 Å². The lowest BCUT2D eigenvalue weighted by Crippen LogP contribution is -1.95. The van der Waals surface area contributed by atoms with Gasteiger partial charge in [-0.25, -0.2) is 0 Å². The highest BCUT2D eigenvalue weighted by atomic mass is 35.5. The molecule has 6 heteroatoms. The van der Waals surface area contributed by atoms with E-state index in [9.17, 15) is 10.1 Å². The second kappa shape index (κ2) is 4.64. The van der Waals surface area contributed by atoms with Gasteiger partial charge >= 0.3 is 0 Å². The lowest BCUT2D eigenvalue weighted by Gasteiger charge is -1.94. The minimum atomic E-state index is -0.432. The summed E-state index contributed by atoms with van der Waals surface area (Å²) in [4.78, 5) is 10.9. The molecule has 0 N–H and O–H groups in total. The van der Waals surface area contributed by atoms with Crippen molar-refractivity contribution in [1.82, 2.24) is 0 Å². The Bertz CT molecular complexity index is 634. The fraction of sp³-hybridized carbons (Fsp3) is 0.0909. The lowest BCUT2D eigenvalue weighted by molar-refractivity contribution is -0.375. The van der Waals surface area contributed by atoms with Crippen LogP contribution < -0.4 is 0 Å². The van der Waals surface area contributed by atoms with Crippen LogP contribution in [-0.2, 0) is 0 Å². The first-order valence-electron chi connectivity index (χ1n) is 4.73. The van der Waals surface area contributed by atoms with Crippen LogP contribution in [0.25, 0.3) is 15.8 Å². The molecule has 2 aromatic rings. The largest absolute Gasteiger partial charge is 0.283 e. The minimum absolute atomic E-state index is 0.0207. The van der Waals surface area contributed by atoms with E-state index in [0.29, 0.717) is 14.9 Å². The number of hydrogen-bond donors (Lipinski definition) is 0. The van der Waals surface area contributed by atoms with Crippen LogP contribution in [0.3, 0.4) is 0 Å². The van der Waals surface area contributed by atoms with Crippen molar-refractivity contribution in [3.05, 3.63) is 49.3 Å². The van der Waals surface area contributed by atoms with Crippen molar-refractivity contribution in [2.24, 2.45) is 0 Å². The van der Waals surface area contributed by atoms with E-state index in [1.165, 1.54) is 17.4 Å². The van der Waals surface area contributed by atoms with Gasteiger partial charge in [0.05, 0.1) is 9.95 Å². The molecule has 17 heavy (non-hydrogen) atoms. The average molecular weight is 288 g/mol. The van der Waals surface area contributed by atoms with Gasteiger partial charge in [0.25, 0.3) is 5.70 Å². The smallest absolute Gasteiger partial charge is 0.258 e. The van der Waals surface area contributed by atoms with Crippen molar-refractivity contribution in [2.45, 2.75) is 6.92 Å². The van der Waals surface area contributed by atoms with Crippen molar-refractivity contribution < 1.29 is 4.92 Å². The van der Waals surface area contributed by atoms with E-state index in [1.807, 2.05) is 6.07 Å². The van der Waals surface area contributed by atoms with Gasteiger partial charge in [-0.2, -0.15) is 0 Å². The monoisotopic (exact) mass is 287 g/mol. The standard InChI is InChI=1S/C11H7Cl2NO2S/c1-2-8(14(15)16)11-10(13)7-5-6(12)3-4-9(7)17-11/h2-5H,1H3. The molecule has 1 aromatic carbocycles. The van der Waals surface area contributed by atoms with Crippen LogP contribution in [0.5, 0.6) is 0 Å². The van der Waals surface area contributed by atoms with Crippen LogP contribution in [0.2, 0.25) is 10.0 Å². The Morgan fingerprint density at radius 3 is 2.76 bits per heavy atom. The summed E-state index contributed by atoms with van der Waals surface area (Å²) in [5, 5.41) is 12.6. The number of rotatable bonds is 2. The zero-order valence-corrected chi connectivity index (χ0v) is 11.1. The highest BCUT2D eigenvalue weighted by molar-refractivity contribution is 7.20. The van der Waals surface area contributed by atoms with Crippen molar-refractivity contribution in [3.63, 3.8) is 0 Å². The number of hydrogen-bond acceptors (Lipinski definition) is 3. The van der Waals surface area contributed by atoms with Crippen LogP contribution in [0.4, 0.5) is 0 Å². The highest BCUT2D eigenvalue weighted by Crippen LogP contribution is 2.40. The quantitative estimate of drug-likeness (QED) is 0.586. The zero-order chi connectivity index (χ0) is 12.6. The summed E-state index contributed by atoms with van der Waals surface area (Å²) >= 11 is 13.3. The van der Waals surface area contributed by atoms with E-state index in [2.05, 4.69) is 0 Å². The molecule has 0 aliphatic carbocycles. The maximum absolute atomic E-state index is 10.9. The minimum Gasteiger partial charge on any atom is -0.258 e. The molecule has 0 spiro atoms.